The van der Waals surface area contributed by atoms with Gasteiger partial charge in [-0.2, -0.15) is 0 Å². The Labute approximate surface area is 175 Å². The summed E-state index contributed by atoms with van der Waals surface area (Å²) in [6, 6.07) is 11.1. The molecule has 0 spiro atoms. The van der Waals surface area contributed by atoms with E-state index in [1.54, 1.807) is 23.1 Å². The van der Waals surface area contributed by atoms with Gasteiger partial charge in [0.15, 0.2) is 0 Å². The number of carbonyl (C=O) groups is 2. The number of hydrogen-bond acceptors (Lipinski definition) is 4. The summed E-state index contributed by atoms with van der Waals surface area (Å²) in [4.78, 5) is 30.6. The molecule has 7 heteroatoms. The molecular weight excluding hydrogens is 385 g/mol. The lowest BCUT2D eigenvalue weighted by molar-refractivity contribution is 0.0236. The number of halogens is 1. The number of likely N-dealkylation sites (tertiary alicyclic amines) is 1. The smallest absolute Gasteiger partial charge is 0.410 e. The molecule has 1 aliphatic rings. The van der Waals surface area contributed by atoms with Crippen LogP contribution in [0.4, 0.5) is 15.0 Å². The van der Waals surface area contributed by atoms with Gasteiger partial charge in [0.1, 0.15) is 17.2 Å². The molecule has 1 saturated heterocycles. The van der Waals surface area contributed by atoms with E-state index in [-0.39, 0.29) is 11.7 Å². The van der Waals surface area contributed by atoms with Crippen molar-refractivity contribution in [1.29, 1.82) is 0 Å². The van der Waals surface area contributed by atoms with Crippen molar-refractivity contribution in [2.75, 3.05) is 18.4 Å². The van der Waals surface area contributed by atoms with Gasteiger partial charge in [-0.15, -0.1) is 0 Å². The van der Waals surface area contributed by atoms with E-state index in [1.807, 2.05) is 32.9 Å². The summed E-state index contributed by atoms with van der Waals surface area (Å²) in [6.45, 7) is 6.73. The van der Waals surface area contributed by atoms with Crippen molar-refractivity contribution in [2.24, 2.45) is 0 Å². The Morgan fingerprint density at radius 2 is 1.80 bits per heavy atom. The number of anilines is 1. The topological polar surface area (TPSA) is 71.5 Å². The molecule has 158 valence electrons. The Morgan fingerprint density at radius 3 is 2.47 bits per heavy atom. The molecule has 1 fully saturated rings. The highest BCUT2D eigenvalue weighted by molar-refractivity contribution is 6.03. The van der Waals surface area contributed by atoms with Gasteiger partial charge in [-0.25, -0.2) is 14.2 Å². The number of piperidine rings is 1. The molecule has 6 nitrogen and oxygen atoms in total. The SMILES string of the molecule is CC(C)(C)OC(=O)N1CCC(=Cc2cccc(NC(=O)c3ccccc3F)n2)CC1. The normalized spacial score (nSPS) is 14.3. The number of benzene rings is 1. The van der Waals surface area contributed by atoms with Crippen molar-refractivity contribution in [1.82, 2.24) is 9.88 Å². The summed E-state index contributed by atoms with van der Waals surface area (Å²) >= 11 is 0. The maximum atomic E-state index is 13.8. The van der Waals surface area contributed by atoms with Crippen molar-refractivity contribution in [3.63, 3.8) is 0 Å². The lowest BCUT2D eigenvalue weighted by atomic mass is 10.0. The van der Waals surface area contributed by atoms with Gasteiger partial charge >= 0.3 is 6.09 Å². The van der Waals surface area contributed by atoms with Crippen LogP contribution in [0.5, 0.6) is 0 Å². The molecule has 2 amide bonds. The van der Waals surface area contributed by atoms with Crippen LogP contribution in [0.25, 0.3) is 6.08 Å². The minimum Gasteiger partial charge on any atom is -0.444 e. The van der Waals surface area contributed by atoms with Gasteiger partial charge < -0.3 is 15.0 Å². The van der Waals surface area contributed by atoms with Crippen LogP contribution in [-0.2, 0) is 4.74 Å². The monoisotopic (exact) mass is 411 g/mol. The van der Waals surface area contributed by atoms with Crippen LogP contribution in [0.2, 0.25) is 0 Å². The number of hydrogen-bond donors (Lipinski definition) is 1. The van der Waals surface area contributed by atoms with Crippen LogP contribution in [0.15, 0.2) is 48.0 Å². The molecule has 1 aromatic carbocycles. The highest BCUT2D eigenvalue weighted by Crippen LogP contribution is 2.21. The number of nitrogens with zero attached hydrogens (tertiary/aromatic N) is 2. The zero-order valence-electron chi connectivity index (χ0n) is 17.4. The number of amides is 2. The summed E-state index contributed by atoms with van der Waals surface area (Å²) in [5, 5.41) is 2.63. The van der Waals surface area contributed by atoms with Crippen LogP contribution in [0.3, 0.4) is 0 Å². The fourth-order valence-corrected chi connectivity index (χ4v) is 3.09. The minimum absolute atomic E-state index is 0.0300. The van der Waals surface area contributed by atoms with E-state index >= 15 is 0 Å². The Bertz CT molecular complexity index is 956. The summed E-state index contributed by atoms with van der Waals surface area (Å²) in [5.41, 5.74) is 1.32. The molecule has 1 aliphatic heterocycles. The largest absolute Gasteiger partial charge is 0.444 e. The minimum atomic E-state index is -0.579. The van der Waals surface area contributed by atoms with Crippen LogP contribution in [-0.4, -0.2) is 40.6 Å². The molecule has 2 heterocycles. The zero-order chi connectivity index (χ0) is 21.7. The van der Waals surface area contributed by atoms with Gasteiger partial charge in [0.2, 0.25) is 0 Å². The second-order valence-electron chi connectivity index (χ2n) is 8.15. The van der Waals surface area contributed by atoms with Crippen molar-refractivity contribution in [3.8, 4) is 0 Å². The Morgan fingerprint density at radius 1 is 1.10 bits per heavy atom. The second-order valence-corrected chi connectivity index (χ2v) is 8.15. The van der Waals surface area contributed by atoms with E-state index in [1.165, 1.54) is 23.8 Å². The predicted molar refractivity (Wildman–Crippen MR) is 114 cm³/mol. The van der Waals surface area contributed by atoms with E-state index in [9.17, 15) is 14.0 Å². The maximum absolute atomic E-state index is 13.8. The number of pyridine rings is 1. The molecule has 0 radical (unpaired) electrons. The average molecular weight is 411 g/mol. The van der Waals surface area contributed by atoms with Gasteiger partial charge in [0.25, 0.3) is 5.91 Å². The molecule has 0 bridgehead atoms. The Kier molecular flexibility index (Phi) is 6.50. The first-order valence-corrected chi connectivity index (χ1v) is 9.91. The van der Waals surface area contributed by atoms with E-state index in [4.69, 9.17) is 4.74 Å². The van der Waals surface area contributed by atoms with Gasteiger partial charge in [-0.3, -0.25) is 4.79 Å². The highest BCUT2D eigenvalue weighted by Gasteiger charge is 2.24. The third-order valence-corrected chi connectivity index (χ3v) is 4.54. The lowest BCUT2D eigenvalue weighted by Crippen LogP contribution is -2.40. The third kappa shape index (κ3) is 5.89. The van der Waals surface area contributed by atoms with Crippen LogP contribution in [0.1, 0.15) is 49.7 Å². The molecule has 1 N–H and O–H groups in total. The molecule has 2 aromatic rings. The van der Waals surface area contributed by atoms with Gasteiger partial charge in [-0.1, -0.05) is 23.8 Å². The Balaban J connectivity index is 1.62. The van der Waals surface area contributed by atoms with E-state index in [0.29, 0.717) is 24.6 Å². The first-order valence-electron chi connectivity index (χ1n) is 9.91. The molecule has 0 saturated carbocycles. The first-order chi connectivity index (χ1) is 14.2. The number of aromatic nitrogens is 1. The van der Waals surface area contributed by atoms with E-state index < -0.39 is 17.3 Å². The van der Waals surface area contributed by atoms with Gasteiger partial charge in [0.05, 0.1) is 11.3 Å². The molecule has 0 atom stereocenters. The average Bonchev–Trinajstić information content (AvgIpc) is 2.68. The van der Waals surface area contributed by atoms with Crippen LogP contribution < -0.4 is 5.32 Å². The second kappa shape index (κ2) is 9.07. The molecule has 0 aliphatic carbocycles. The number of rotatable bonds is 3. The van der Waals surface area contributed by atoms with Crippen LogP contribution in [0, 0.1) is 5.82 Å². The highest BCUT2D eigenvalue weighted by atomic mass is 19.1. The molecule has 0 unspecified atom stereocenters. The summed E-state index contributed by atoms with van der Waals surface area (Å²) in [5.74, 6) is -0.773. The van der Waals surface area contributed by atoms with Crippen molar-refractivity contribution in [3.05, 3.63) is 65.1 Å². The quantitative estimate of drug-likeness (QED) is 0.781. The number of nitrogens with one attached hydrogen (secondary N) is 1. The van der Waals surface area contributed by atoms with E-state index in [2.05, 4.69) is 10.3 Å². The third-order valence-electron chi connectivity index (χ3n) is 4.54. The molecule has 30 heavy (non-hydrogen) atoms. The van der Waals surface area contributed by atoms with E-state index in [0.717, 1.165) is 12.8 Å². The lowest BCUT2D eigenvalue weighted by Gasteiger charge is -2.31. The molecule has 3 rings (SSSR count). The van der Waals surface area contributed by atoms with Crippen molar-refractivity contribution < 1.29 is 18.7 Å². The summed E-state index contributed by atoms with van der Waals surface area (Å²) in [7, 11) is 0. The predicted octanol–water partition coefficient (Wildman–Crippen LogP) is 4.89. The molecule has 1 aromatic heterocycles. The number of carbonyl (C=O) groups excluding carboxylic acids is 2. The first kappa shape index (κ1) is 21.5. The van der Waals surface area contributed by atoms with Crippen molar-refractivity contribution >= 4 is 23.9 Å². The van der Waals surface area contributed by atoms with Crippen LogP contribution >= 0.6 is 0 Å². The summed E-state index contributed by atoms with van der Waals surface area (Å²) in [6.07, 6.45) is 3.13. The fourth-order valence-electron chi connectivity index (χ4n) is 3.09. The number of ether oxygens (including phenoxy) is 1. The fraction of sp³-hybridized carbons (Fsp3) is 0.348. The van der Waals surface area contributed by atoms with Crippen molar-refractivity contribution in [2.45, 2.75) is 39.2 Å². The standard InChI is InChI=1S/C23H26FN3O3/c1-23(2,3)30-22(29)27-13-11-16(12-14-27)15-17-7-6-10-20(25-17)26-21(28)18-8-4-5-9-19(18)24/h4-10,15H,11-14H2,1-3H3,(H,25,26,28). The van der Waals surface area contributed by atoms with Gasteiger partial charge in [0, 0.05) is 13.1 Å². The maximum Gasteiger partial charge on any atom is 0.410 e. The summed E-state index contributed by atoms with van der Waals surface area (Å²) < 4.78 is 19.2. The zero-order valence-corrected chi connectivity index (χ0v) is 17.4. The van der Waals surface area contributed by atoms with Gasteiger partial charge in [-0.05, 0) is 64.0 Å². The Hall–Kier alpha value is -3.22. The molecular formula is C23H26FN3O3.